The van der Waals surface area contributed by atoms with Crippen LogP contribution in [0.15, 0.2) is 0 Å². The van der Waals surface area contributed by atoms with Crippen LogP contribution in [0.1, 0.15) is 25.7 Å². The van der Waals surface area contributed by atoms with Gasteiger partial charge in [-0.1, -0.05) is 0 Å². The molecule has 0 aromatic rings. The zero-order valence-electron chi connectivity index (χ0n) is 12.1. The summed E-state index contributed by atoms with van der Waals surface area (Å²) < 4.78 is 5.27. The molecule has 0 unspecified atom stereocenters. The van der Waals surface area contributed by atoms with Crippen molar-refractivity contribution in [1.82, 2.24) is 9.80 Å². The molecule has 0 radical (unpaired) electrons. The summed E-state index contributed by atoms with van der Waals surface area (Å²) in [5.74, 6) is 0.287. The lowest BCUT2D eigenvalue weighted by Crippen LogP contribution is -2.42. The summed E-state index contributed by atoms with van der Waals surface area (Å²) in [6.45, 7) is 3.81. The minimum Gasteiger partial charge on any atom is -0.378 e. The lowest BCUT2D eigenvalue weighted by Gasteiger charge is -2.29. The van der Waals surface area contributed by atoms with Crippen LogP contribution in [0, 0.1) is 0 Å². The van der Waals surface area contributed by atoms with Crippen LogP contribution in [-0.4, -0.2) is 73.2 Å². The molecule has 2 fully saturated rings. The lowest BCUT2D eigenvalue weighted by molar-refractivity contribution is -0.135. The first-order valence-electron chi connectivity index (χ1n) is 7.29. The number of carbonyl (C=O) groups is 1. The van der Waals surface area contributed by atoms with Crippen molar-refractivity contribution in [3.8, 4) is 0 Å². The number of hydrogen-bond acceptors (Lipinski definition) is 4. The van der Waals surface area contributed by atoms with Gasteiger partial charge in [0.15, 0.2) is 0 Å². The van der Waals surface area contributed by atoms with Crippen molar-refractivity contribution in [3.05, 3.63) is 0 Å². The van der Waals surface area contributed by atoms with Gasteiger partial charge in [0, 0.05) is 37.3 Å². The van der Waals surface area contributed by atoms with E-state index in [9.17, 15) is 4.79 Å². The molecule has 0 aromatic heterocycles. The van der Waals surface area contributed by atoms with Gasteiger partial charge in [0.05, 0.1) is 13.2 Å². The van der Waals surface area contributed by atoms with Gasteiger partial charge >= 0.3 is 0 Å². The van der Waals surface area contributed by atoms with Gasteiger partial charge in [0.25, 0.3) is 0 Å². The van der Waals surface area contributed by atoms with Crippen molar-refractivity contribution < 1.29 is 9.53 Å². The van der Waals surface area contributed by atoms with Crippen LogP contribution in [-0.2, 0) is 9.53 Å². The molecule has 0 bridgehead atoms. The molecule has 4 nitrogen and oxygen atoms in total. The summed E-state index contributed by atoms with van der Waals surface area (Å²) >= 11 is 1.98. The third kappa shape index (κ3) is 4.36. The number of nitrogens with zero attached hydrogens (tertiary/aromatic N) is 2. The van der Waals surface area contributed by atoms with E-state index in [1.807, 2.05) is 16.7 Å². The van der Waals surface area contributed by atoms with Crippen molar-refractivity contribution in [3.63, 3.8) is 0 Å². The predicted octanol–water partition coefficient (Wildman–Crippen LogP) is 1.45. The molecule has 1 aliphatic heterocycles. The van der Waals surface area contributed by atoms with Crippen molar-refractivity contribution in [2.45, 2.75) is 37.0 Å². The van der Waals surface area contributed by atoms with E-state index in [-0.39, 0.29) is 5.91 Å². The molecule has 1 saturated heterocycles. The summed E-state index contributed by atoms with van der Waals surface area (Å²) in [6.07, 6.45) is 6.75. The third-order valence-corrected chi connectivity index (χ3v) is 5.45. The third-order valence-electron chi connectivity index (χ3n) is 4.36. The van der Waals surface area contributed by atoms with E-state index in [1.54, 1.807) is 0 Å². The van der Waals surface area contributed by atoms with Gasteiger partial charge in [-0.15, -0.1) is 0 Å². The second kappa shape index (κ2) is 7.50. The highest BCUT2D eigenvalue weighted by molar-refractivity contribution is 7.99. The average molecular weight is 286 g/mol. The second-order valence-electron chi connectivity index (χ2n) is 5.55. The summed E-state index contributed by atoms with van der Waals surface area (Å²) in [5.41, 5.74) is 0. The van der Waals surface area contributed by atoms with Crippen LogP contribution in [0.3, 0.4) is 0 Å². The Morgan fingerprint density at radius 1 is 1.37 bits per heavy atom. The molecular weight excluding hydrogens is 260 g/mol. The number of thioether (sulfide) groups is 1. The van der Waals surface area contributed by atoms with E-state index in [4.69, 9.17) is 4.74 Å². The Labute approximate surface area is 120 Å². The van der Waals surface area contributed by atoms with Crippen LogP contribution in [0.4, 0.5) is 0 Å². The molecule has 0 aromatic carbocycles. The smallest absolute Gasteiger partial charge is 0.224 e. The fraction of sp³-hybridized carbons (Fsp3) is 0.929. The van der Waals surface area contributed by atoms with E-state index >= 15 is 0 Å². The molecule has 5 heteroatoms. The van der Waals surface area contributed by atoms with Gasteiger partial charge in [-0.25, -0.2) is 0 Å². The molecule has 2 atom stereocenters. The van der Waals surface area contributed by atoms with Crippen LogP contribution >= 0.6 is 11.8 Å². The Balaban J connectivity index is 1.68. The first-order chi connectivity index (χ1) is 9.20. The molecule has 0 N–H and O–H groups in total. The number of morpholine rings is 1. The Hall–Kier alpha value is -0.260. The van der Waals surface area contributed by atoms with E-state index in [0.717, 1.165) is 24.9 Å². The van der Waals surface area contributed by atoms with E-state index in [2.05, 4.69) is 18.2 Å². The predicted molar refractivity (Wildman–Crippen MR) is 79.6 cm³/mol. The van der Waals surface area contributed by atoms with Crippen molar-refractivity contribution in [2.24, 2.45) is 0 Å². The highest BCUT2D eigenvalue weighted by Gasteiger charge is 2.27. The average Bonchev–Trinajstić information content (AvgIpc) is 2.94. The van der Waals surface area contributed by atoms with Gasteiger partial charge in [0.2, 0.25) is 5.91 Å². The van der Waals surface area contributed by atoms with Crippen LogP contribution in [0.5, 0.6) is 0 Å². The maximum atomic E-state index is 12.1. The first-order valence-corrected chi connectivity index (χ1v) is 8.58. The number of carbonyl (C=O) groups excluding carboxylic acids is 1. The fourth-order valence-electron chi connectivity index (χ4n) is 2.96. The molecule has 0 spiro atoms. The summed E-state index contributed by atoms with van der Waals surface area (Å²) in [4.78, 5) is 16.4. The normalized spacial score (nSPS) is 28.1. The van der Waals surface area contributed by atoms with Gasteiger partial charge in [-0.3, -0.25) is 4.79 Å². The van der Waals surface area contributed by atoms with Gasteiger partial charge < -0.3 is 14.5 Å². The minimum atomic E-state index is 0.287. The summed E-state index contributed by atoms with van der Waals surface area (Å²) in [6, 6.07) is 0.676. The van der Waals surface area contributed by atoms with Crippen molar-refractivity contribution >= 4 is 17.7 Å². The zero-order valence-corrected chi connectivity index (χ0v) is 13.0. The van der Waals surface area contributed by atoms with Gasteiger partial charge in [-0.2, -0.15) is 11.8 Å². The highest BCUT2D eigenvalue weighted by Crippen LogP contribution is 2.30. The molecule has 2 rings (SSSR count). The summed E-state index contributed by atoms with van der Waals surface area (Å²) in [5, 5.41) is 0.822. The quantitative estimate of drug-likeness (QED) is 0.766. The maximum Gasteiger partial charge on any atom is 0.224 e. The Morgan fingerprint density at radius 3 is 2.74 bits per heavy atom. The molecule has 2 aliphatic rings. The largest absolute Gasteiger partial charge is 0.378 e. The zero-order chi connectivity index (χ0) is 13.7. The molecule has 1 saturated carbocycles. The van der Waals surface area contributed by atoms with Crippen LogP contribution in [0.2, 0.25) is 0 Å². The second-order valence-corrected chi connectivity index (χ2v) is 6.69. The number of ether oxygens (including phenoxy) is 1. The van der Waals surface area contributed by atoms with E-state index in [0.29, 0.717) is 25.7 Å². The van der Waals surface area contributed by atoms with Crippen molar-refractivity contribution in [2.75, 3.05) is 46.2 Å². The fourth-order valence-corrected chi connectivity index (χ4v) is 3.74. The molecule has 110 valence electrons. The number of amides is 1. The topological polar surface area (TPSA) is 32.8 Å². The Bertz CT molecular complexity index is 295. The van der Waals surface area contributed by atoms with Gasteiger partial charge in [0.1, 0.15) is 0 Å². The van der Waals surface area contributed by atoms with Crippen molar-refractivity contribution in [1.29, 1.82) is 0 Å². The summed E-state index contributed by atoms with van der Waals surface area (Å²) in [7, 11) is 2.17. The Morgan fingerprint density at radius 2 is 2.11 bits per heavy atom. The molecule has 1 amide bonds. The maximum absolute atomic E-state index is 12.1. The number of rotatable bonds is 5. The monoisotopic (exact) mass is 286 g/mol. The Kier molecular flexibility index (Phi) is 5.98. The molecule has 19 heavy (non-hydrogen) atoms. The SMILES string of the molecule is CS[C@H]1CC[C@H](N(C)CCC(=O)N2CCOCC2)C1. The van der Waals surface area contributed by atoms with Gasteiger partial charge in [-0.05, 0) is 32.6 Å². The number of hydrogen-bond donors (Lipinski definition) is 0. The molecular formula is C14H26N2O2S. The lowest BCUT2D eigenvalue weighted by atomic mass is 10.2. The first kappa shape index (κ1) is 15.1. The molecule has 1 aliphatic carbocycles. The highest BCUT2D eigenvalue weighted by atomic mass is 32.2. The minimum absolute atomic E-state index is 0.287. The van der Waals surface area contributed by atoms with E-state index < -0.39 is 0 Å². The van der Waals surface area contributed by atoms with Crippen LogP contribution < -0.4 is 0 Å². The van der Waals surface area contributed by atoms with Crippen LogP contribution in [0.25, 0.3) is 0 Å². The molecule has 1 heterocycles. The van der Waals surface area contributed by atoms with E-state index in [1.165, 1.54) is 19.3 Å². The standard InChI is InChI=1S/C14H26N2O2S/c1-15(12-3-4-13(11-12)19-2)6-5-14(17)16-7-9-18-10-8-16/h12-13H,3-11H2,1-2H3/t12-,13-/m0/s1.